The molecule has 0 aliphatic rings. The summed E-state index contributed by atoms with van der Waals surface area (Å²) in [5.41, 5.74) is -0.616. The molecule has 0 spiro atoms. The maximum atomic E-state index is 13.3. The van der Waals surface area contributed by atoms with E-state index in [-0.39, 0.29) is 21.5 Å². The summed E-state index contributed by atoms with van der Waals surface area (Å²) in [7, 11) is 1.10. The van der Waals surface area contributed by atoms with Gasteiger partial charge in [-0.15, -0.1) is 0 Å². The molecule has 0 saturated heterocycles. The first-order valence-corrected chi connectivity index (χ1v) is 9.87. The SMILES string of the molecule is COc1cc(/C=N\NC(=O)C(F)(F)C(F)(F)C(F)(F)F)cc(Br)c1Oc1ccc([N+](=O)[O-])cc1[N+](=O)[O-]. The highest BCUT2D eigenvalue weighted by Gasteiger charge is 2.76. The number of amides is 1. The van der Waals surface area contributed by atoms with E-state index < -0.39 is 50.9 Å². The second kappa shape index (κ2) is 10.5. The molecule has 0 bridgehead atoms. The van der Waals surface area contributed by atoms with Gasteiger partial charge in [-0.2, -0.15) is 35.8 Å². The number of nitrogens with zero attached hydrogens (tertiary/aromatic N) is 3. The molecule has 0 unspecified atom stereocenters. The lowest BCUT2D eigenvalue weighted by atomic mass is 10.1. The Bertz CT molecular complexity index is 1270. The maximum Gasteiger partial charge on any atom is 0.460 e. The summed E-state index contributed by atoms with van der Waals surface area (Å²) in [5, 5.41) is 25.1. The van der Waals surface area contributed by atoms with Gasteiger partial charge < -0.3 is 9.47 Å². The Morgan fingerprint density at radius 2 is 1.65 bits per heavy atom. The van der Waals surface area contributed by atoms with Crippen molar-refractivity contribution in [3.05, 3.63) is 60.6 Å². The van der Waals surface area contributed by atoms with Gasteiger partial charge in [-0.1, -0.05) is 0 Å². The van der Waals surface area contributed by atoms with E-state index in [2.05, 4.69) is 21.0 Å². The Labute approximate surface area is 208 Å². The molecule has 2 rings (SSSR count). The molecule has 19 heteroatoms. The van der Waals surface area contributed by atoms with Crippen LogP contribution in [0.1, 0.15) is 5.56 Å². The zero-order valence-corrected chi connectivity index (χ0v) is 19.3. The molecule has 11 nitrogen and oxygen atoms in total. The third-order valence-electron chi connectivity index (χ3n) is 4.23. The van der Waals surface area contributed by atoms with Crippen LogP contribution in [0.15, 0.2) is 39.9 Å². The highest BCUT2D eigenvalue weighted by molar-refractivity contribution is 9.10. The molecule has 0 heterocycles. The van der Waals surface area contributed by atoms with Crippen molar-refractivity contribution in [2.45, 2.75) is 18.0 Å². The van der Waals surface area contributed by atoms with Gasteiger partial charge in [0.25, 0.3) is 5.69 Å². The van der Waals surface area contributed by atoms with Crippen molar-refractivity contribution in [3.63, 3.8) is 0 Å². The first kappa shape index (κ1) is 29.2. The molecule has 2 aromatic carbocycles. The van der Waals surface area contributed by atoms with Crippen molar-refractivity contribution < 1.29 is 54.8 Å². The van der Waals surface area contributed by atoms with E-state index in [1.807, 2.05) is 0 Å². The van der Waals surface area contributed by atoms with E-state index in [1.54, 1.807) is 0 Å². The van der Waals surface area contributed by atoms with Crippen molar-refractivity contribution in [2.75, 3.05) is 7.11 Å². The number of hydrazone groups is 1. The molecule has 0 aromatic heterocycles. The Hall–Kier alpha value is -4.03. The predicted molar refractivity (Wildman–Crippen MR) is 112 cm³/mol. The van der Waals surface area contributed by atoms with Crippen LogP contribution < -0.4 is 14.9 Å². The maximum absolute atomic E-state index is 13.3. The van der Waals surface area contributed by atoms with Gasteiger partial charge in [0.05, 0.1) is 33.7 Å². The molecular weight excluding hydrogens is 597 g/mol. The molecule has 0 radical (unpaired) electrons. The Kier molecular flexibility index (Phi) is 8.31. The van der Waals surface area contributed by atoms with Gasteiger partial charge in [-0.25, -0.2) is 5.43 Å². The fourth-order valence-electron chi connectivity index (χ4n) is 2.43. The topological polar surface area (TPSA) is 146 Å². The quantitative estimate of drug-likeness (QED) is 0.175. The molecule has 0 fully saturated rings. The summed E-state index contributed by atoms with van der Waals surface area (Å²) in [6, 6.07) is 4.65. The minimum atomic E-state index is -6.72. The van der Waals surface area contributed by atoms with Gasteiger partial charge in [0, 0.05) is 6.07 Å². The summed E-state index contributed by atoms with van der Waals surface area (Å²) in [6.45, 7) is 0. The minimum absolute atomic E-state index is 0.0405. The Balaban J connectivity index is 2.32. The number of carbonyl (C=O) groups excluding carboxylic acids is 1. The molecule has 37 heavy (non-hydrogen) atoms. The van der Waals surface area contributed by atoms with E-state index in [9.17, 15) is 55.8 Å². The number of hydrogen-bond donors (Lipinski definition) is 1. The van der Waals surface area contributed by atoms with Crippen LogP contribution in [0.4, 0.5) is 42.1 Å². The number of nitro benzene ring substituents is 2. The van der Waals surface area contributed by atoms with E-state index in [1.165, 1.54) is 0 Å². The van der Waals surface area contributed by atoms with Crippen LogP contribution in [-0.4, -0.2) is 47.1 Å². The number of rotatable bonds is 9. The summed E-state index contributed by atoms with van der Waals surface area (Å²) < 4.78 is 99.5. The summed E-state index contributed by atoms with van der Waals surface area (Å²) in [4.78, 5) is 31.6. The van der Waals surface area contributed by atoms with Gasteiger partial charge >= 0.3 is 29.6 Å². The van der Waals surface area contributed by atoms with Crippen molar-refractivity contribution in [1.82, 2.24) is 5.43 Å². The molecule has 1 amide bonds. The van der Waals surface area contributed by atoms with Gasteiger partial charge in [0.2, 0.25) is 5.75 Å². The van der Waals surface area contributed by atoms with Crippen LogP contribution in [0, 0.1) is 20.2 Å². The number of hydrogen-bond acceptors (Lipinski definition) is 8. The number of nitrogens with one attached hydrogen (secondary N) is 1. The highest BCUT2D eigenvalue weighted by atomic mass is 79.9. The lowest BCUT2D eigenvalue weighted by Gasteiger charge is -2.26. The molecule has 0 aliphatic heterocycles. The average Bonchev–Trinajstić information content (AvgIpc) is 2.79. The van der Waals surface area contributed by atoms with E-state index >= 15 is 0 Å². The minimum Gasteiger partial charge on any atom is -0.493 e. The van der Waals surface area contributed by atoms with Crippen molar-refractivity contribution in [1.29, 1.82) is 0 Å². The van der Waals surface area contributed by atoms with Crippen LogP contribution in [0.25, 0.3) is 0 Å². The smallest absolute Gasteiger partial charge is 0.460 e. The standard InChI is InChI=1S/C18H10BrF7N4O7/c1-36-13-5-8(7-27-28-15(31)16(20,21)17(22,23)18(24,25)26)4-10(19)14(13)37-12-3-2-9(29(32)33)6-11(12)30(34)35/h2-7H,1H3,(H,28,31)/b27-7-. The van der Waals surface area contributed by atoms with Gasteiger partial charge in [0.1, 0.15) is 0 Å². The molecule has 2 aromatic rings. The van der Waals surface area contributed by atoms with Gasteiger partial charge in [0.15, 0.2) is 11.5 Å². The van der Waals surface area contributed by atoms with Gasteiger partial charge in [-0.3, -0.25) is 25.0 Å². The average molecular weight is 607 g/mol. The second-order valence-corrected chi connectivity index (χ2v) is 7.50. The molecule has 0 aliphatic carbocycles. The summed E-state index contributed by atoms with van der Waals surface area (Å²) >= 11 is 3.02. The fourth-order valence-corrected chi connectivity index (χ4v) is 2.97. The number of carbonyl (C=O) groups is 1. The molecule has 1 N–H and O–H groups in total. The predicted octanol–water partition coefficient (Wildman–Crippen LogP) is 5.35. The number of ether oxygens (including phenoxy) is 2. The zero-order valence-electron chi connectivity index (χ0n) is 17.7. The van der Waals surface area contributed by atoms with Crippen LogP contribution in [0.2, 0.25) is 0 Å². The van der Waals surface area contributed by atoms with Crippen molar-refractivity contribution >= 4 is 39.4 Å². The lowest BCUT2D eigenvalue weighted by Crippen LogP contribution is -2.58. The van der Waals surface area contributed by atoms with Crippen molar-refractivity contribution in [2.24, 2.45) is 5.10 Å². The second-order valence-electron chi connectivity index (χ2n) is 6.65. The fraction of sp³-hybridized carbons (Fsp3) is 0.222. The number of methoxy groups -OCH3 is 1. The molecule has 0 atom stereocenters. The van der Waals surface area contributed by atoms with Crippen molar-refractivity contribution in [3.8, 4) is 17.2 Å². The largest absolute Gasteiger partial charge is 0.493 e. The number of alkyl halides is 7. The normalized spacial score (nSPS) is 12.4. The first-order valence-electron chi connectivity index (χ1n) is 9.08. The summed E-state index contributed by atoms with van der Waals surface area (Å²) in [5.74, 6) is -16.8. The van der Waals surface area contributed by atoms with E-state index in [0.29, 0.717) is 12.3 Å². The molecule has 0 saturated carbocycles. The van der Waals surface area contributed by atoms with Crippen LogP contribution in [0.3, 0.4) is 0 Å². The molecular formula is C18H10BrF7N4O7. The summed E-state index contributed by atoms with van der Waals surface area (Å²) in [6.07, 6.45) is -6.14. The Morgan fingerprint density at radius 1 is 1.03 bits per heavy atom. The first-order chi connectivity index (χ1) is 16.9. The zero-order chi connectivity index (χ0) is 28.3. The Morgan fingerprint density at radius 3 is 2.16 bits per heavy atom. The van der Waals surface area contributed by atoms with E-state index in [0.717, 1.165) is 36.8 Å². The van der Waals surface area contributed by atoms with Crippen LogP contribution >= 0.6 is 15.9 Å². The van der Waals surface area contributed by atoms with Gasteiger partial charge in [-0.05, 0) is 39.7 Å². The number of halogens is 8. The number of non-ortho nitro benzene ring substituents is 1. The third kappa shape index (κ3) is 6.04. The molecule has 200 valence electrons. The van der Waals surface area contributed by atoms with Crippen LogP contribution in [0.5, 0.6) is 17.2 Å². The third-order valence-corrected chi connectivity index (χ3v) is 4.82. The monoisotopic (exact) mass is 606 g/mol. The lowest BCUT2D eigenvalue weighted by molar-refractivity contribution is -0.394. The highest BCUT2D eigenvalue weighted by Crippen LogP contribution is 2.46. The number of nitro groups is 2. The van der Waals surface area contributed by atoms with Crippen LogP contribution in [-0.2, 0) is 4.79 Å². The van der Waals surface area contributed by atoms with E-state index in [4.69, 9.17) is 9.47 Å². The number of benzene rings is 2.